The molecule has 4 rings (SSSR count). The highest BCUT2D eigenvalue weighted by Crippen LogP contribution is 2.39. The summed E-state index contributed by atoms with van der Waals surface area (Å²) in [5.41, 5.74) is 3.17. The van der Waals surface area contributed by atoms with Crippen molar-refractivity contribution in [3.63, 3.8) is 0 Å². The molecule has 0 spiro atoms. The number of piperidine rings is 1. The number of carbonyl (C=O) groups is 1. The fraction of sp³-hybridized carbons (Fsp3) is 0.407. The molecule has 0 saturated carbocycles. The van der Waals surface area contributed by atoms with Crippen molar-refractivity contribution >= 4 is 22.7 Å². The van der Waals surface area contributed by atoms with E-state index in [0.717, 1.165) is 41.7 Å². The van der Waals surface area contributed by atoms with E-state index in [1.165, 1.54) is 24.2 Å². The highest BCUT2D eigenvalue weighted by molar-refractivity contribution is 5.89. The zero-order valence-corrected chi connectivity index (χ0v) is 20.8. The van der Waals surface area contributed by atoms with Crippen molar-refractivity contribution in [1.82, 2.24) is 9.88 Å². The first kappa shape index (κ1) is 24.6. The highest BCUT2D eigenvalue weighted by Gasteiger charge is 2.21. The van der Waals surface area contributed by atoms with Gasteiger partial charge in [0.15, 0.2) is 11.5 Å². The maximum Gasteiger partial charge on any atom is 0.411 e. The molecule has 0 unspecified atom stereocenters. The van der Waals surface area contributed by atoms with Crippen LogP contribution in [0.25, 0.3) is 10.9 Å². The predicted molar refractivity (Wildman–Crippen MR) is 136 cm³/mol. The lowest BCUT2D eigenvalue weighted by molar-refractivity contribution is 0.196. The van der Waals surface area contributed by atoms with Crippen molar-refractivity contribution < 1.29 is 24.1 Å². The van der Waals surface area contributed by atoms with E-state index in [1.54, 1.807) is 26.5 Å². The molecule has 1 amide bonds. The van der Waals surface area contributed by atoms with E-state index < -0.39 is 6.09 Å². The normalized spacial score (nSPS) is 14.1. The number of anilines is 1. The van der Waals surface area contributed by atoms with Crippen LogP contribution < -0.4 is 19.1 Å². The second-order valence-corrected chi connectivity index (χ2v) is 8.80. The van der Waals surface area contributed by atoms with Crippen molar-refractivity contribution in [2.24, 2.45) is 0 Å². The zero-order valence-electron chi connectivity index (χ0n) is 20.8. The van der Waals surface area contributed by atoms with Crippen LogP contribution in [-0.4, -0.2) is 61.5 Å². The number of pyridine rings is 1. The Labute approximate surface area is 206 Å². The lowest BCUT2D eigenvalue weighted by atomic mass is 10.1. The maximum atomic E-state index is 12.1. The summed E-state index contributed by atoms with van der Waals surface area (Å²) in [6, 6.07) is 9.13. The van der Waals surface area contributed by atoms with Crippen LogP contribution in [0.15, 0.2) is 36.5 Å². The Bertz CT molecular complexity index is 1210. The van der Waals surface area contributed by atoms with Gasteiger partial charge in [0.1, 0.15) is 11.5 Å². The van der Waals surface area contributed by atoms with E-state index in [-0.39, 0.29) is 0 Å². The van der Waals surface area contributed by atoms with E-state index >= 15 is 0 Å². The molecule has 1 aliphatic heterocycles. The van der Waals surface area contributed by atoms with Gasteiger partial charge < -0.3 is 24.2 Å². The Hall–Kier alpha value is -3.52. The topological polar surface area (TPSA) is 84.4 Å². The number of hydrogen-bond acceptors (Lipinski definition) is 6. The van der Waals surface area contributed by atoms with Gasteiger partial charge in [0, 0.05) is 30.7 Å². The number of carboxylic acid groups (broad SMARTS) is 1. The highest BCUT2D eigenvalue weighted by atomic mass is 16.5. The van der Waals surface area contributed by atoms with Crippen molar-refractivity contribution in [1.29, 1.82) is 0 Å². The first-order valence-electron chi connectivity index (χ1n) is 11.9. The molecule has 8 nitrogen and oxygen atoms in total. The third-order valence-corrected chi connectivity index (χ3v) is 6.75. The molecule has 0 atom stereocenters. The Kier molecular flexibility index (Phi) is 7.60. The van der Waals surface area contributed by atoms with Gasteiger partial charge in [-0.2, -0.15) is 0 Å². The number of ether oxygens (including phenoxy) is 3. The zero-order chi connectivity index (χ0) is 24.9. The van der Waals surface area contributed by atoms with Crippen LogP contribution >= 0.6 is 0 Å². The molecule has 3 aromatic rings. The van der Waals surface area contributed by atoms with E-state index in [0.29, 0.717) is 35.2 Å². The molecule has 1 aromatic heterocycles. The molecule has 8 heteroatoms. The Morgan fingerprint density at radius 2 is 1.69 bits per heavy atom. The number of likely N-dealkylation sites (tertiary alicyclic amines) is 1. The van der Waals surface area contributed by atoms with Crippen LogP contribution in [0.1, 0.15) is 30.4 Å². The van der Waals surface area contributed by atoms with Crippen molar-refractivity contribution in [2.75, 3.05) is 45.3 Å². The summed E-state index contributed by atoms with van der Waals surface area (Å²) in [6.45, 7) is 7.13. The molecule has 35 heavy (non-hydrogen) atoms. The molecule has 186 valence electrons. The molecule has 1 N–H and O–H groups in total. The quantitative estimate of drug-likeness (QED) is 0.448. The number of fused-ring (bicyclic) bond motifs is 1. The second kappa shape index (κ2) is 10.8. The van der Waals surface area contributed by atoms with Crippen LogP contribution in [0, 0.1) is 13.8 Å². The molecule has 0 bridgehead atoms. The van der Waals surface area contributed by atoms with E-state index in [4.69, 9.17) is 14.2 Å². The molecule has 1 aliphatic rings. The van der Waals surface area contributed by atoms with Crippen molar-refractivity contribution in [3.05, 3.63) is 47.7 Å². The third kappa shape index (κ3) is 5.27. The van der Waals surface area contributed by atoms with Crippen molar-refractivity contribution in [2.45, 2.75) is 33.1 Å². The number of nitrogens with zero attached hydrogens (tertiary/aromatic N) is 3. The minimum Gasteiger partial charge on any atom is -0.493 e. The summed E-state index contributed by atoms with van der Waals surface area (Å²) >= 11 is 0. The molecule has 2 heterocycles. The summed E-state index contributed by atoms with van der Waals surface area (Å²) < 4.78 is 17.2. The van der Waals surface area contributed by atoms with Gasteiger partial charge in [-0.05, 0) is 75.2 Å². The van der Waals surface area contributed by atoms with E-state index in [9.17, 15) is 9.90 Å². The average Bonchev–Trinajstić information content (AvgIpc) is 2.87. The lowest BCUT2D eigenvalue weighted by Gasteiger charge is -2.30. The Morgan fingerprint density at radius 1 is 0.971 bits per heavy atom. The largest absolute Gasteiger partial charge is 0.493 e. The van der Waals surface area contributed by atoms with Gasteiger partial charge in [-0.1, -0.05) is 6.42 Å². The maximum absolute atomic E-state index is 12.1. The third-order valence-electron chi connectivity index (χ3n) is 6.75. The fourth-order valence-corrected chi connectivity index (χ4v) is 4.58. The van der Waals surface area contributed by atoms with Crippen LogP contribution in [0.3, 0.4) is 0 Å². The minimum absolute atomic E-state index is 0.437. The Balaban J connectivity index is 1.61. The molecular formula is C27H33N3O5. The Morgan fingerprint density at radius 3 is 2.37 bits per heavy atom. The van der Waals surface area contributed by atoms with Gasteiger partial charge >= 0.3 is 6.09 Å². The van der Waals surface area contributed by atoms with Gasteiger partial charge in [-0.3, -0.25) is 9.88 Å². The monoisotopic (exact) mass is 479 g/mol. The van der Waals surface area contributed by atoms with E-state index in [2.05, 4.69) is 9.88 Å². The van der Waals surface area contributed by atoms with Crippen LogP contribution in [-0.2, 0) is 0 Å². The first-order chi connectivity index (χ1) is 16.9. The van der Waals surface area contributed by atoms with Crippen molar-refractivity contribution in [3.8, 4) is 23.0 Å². The standard InChI is InChI=1S/C27H33N3O5/c1-18-19(2)23(9-8-22(18)30(27(31)32)15-14-29-12-6-5-7-13-29)35-24-10-11-28-21-17-26(34-4)25(33-3)16-20(21)24/h8-11,16-17H,5-7,12-15H2,1-4H3,(H,31,32). The summed E-state index contributed by atoms with van der Waals surface area (Å²) in [4.78, 5) is 20.3. The number of benzene rings is 2. The summed E-state index contributed by atoms with van der Waals surface area (Å²) in [7, 11) is 3.18. The van der Waals surface area contributed by atoms with Gasteiger partial charge in [0.05, 0.1) is 25.4 Å². The van der Waals surface area contributed by atoms with Gasteiger partial charge in [-0.15, -0.1) is 0 Å². The van der Waals surface area contributed by atoms with Gasteiger partial charge in [0.2, 0.25) is 0 Å². The molecular weight excluding hydrogens is 446 g/mol. The number of rotatable bonds is 8. The second-order valence-electron chi connectivity index (χ2n) is 8.80. The number of amides is 1. The molecule has 0 radical (unpaired) electrons. The van der Waals surface area contributed by atoms with Gasteiger partial charge in [-0.25, -0.2) is 4.79 Å². The average molecular weight is 480 g/mol. The number of hydrogen-bond donors (Lipinski definition) is 1. The summed E-state index contributed by atoms with van der Waals surface area (Å²) in [5.74, 6) is 2.48. The molecule has 0 aliphatic carbocycles. The smallest absolute Gasteiger partial charge is 0.411 e. The fourth-order valence-electron chi connectivity index (χ4n) is 4.58. The van der Waals surface area contributed by atoms with E-state index in [1.807, 2.05) is 38.1 Å². The molecule has 1 fully saturated rings. The minimum atomic E-state index is -0.945. The molecule has 1 saturated heterocycles. The SMILES string of the molecule is COc1cc2nccc(Oc3ccc(N(CCN4CCCCC4)C(=O)O)c(C)c3C)c2cc1OC. The first-order valence-corrected chi connectivity index (χ1v) is 11.9. The number of methoxy groups -OCH3 is 2. The predicted octanol–water partition coefficient (Wildman–Crippen LogP) is 5.63. The number of aromatic nitrogens is 1. The lowest BCUT2D eigenvalue weighted by Crippen LogP contribution is -2.40. The van der Waals surface area contributed by atoms with Crippen LogP contribution in [0.2, 0.25) is 0 Å². The summed E-state index contributed by atoms with van der Waals surface area (Å²) in [5, 5.41) is 10.7. The van der Waals surface area contributed by atoms with Crippen LogP contribution in [0.5, 0.6) is 23.0 Å². The summed E-state index contributed by atoms with van der Waals surface area (Å²) in [6.07, 6.45) is 4.36. The molecule has 2 aromatic carbocycles. The van der Waals surface area contributed by atoms with Gasteiger partial charge in [0.25, 0.3) is 0 Å². The van der Waals surface area contributed by atoms with Crippen LogP contribution in [0.4, 0.5) is 10.5 Å².